The topological polar surface area (TPSA) is 63.1 Å². The van der Waals surface area contributed by atoms with Crippen LogP contribution in [-0.4, -0.2) is 60.8 Å². The lowest BCUT2D eigenvalue weighted by molar-refractivity contribution is 0.280. The van der Waals surface area contributed by atoms with E-state index in [1.165, 1.54) is 0 Å². The van der Waals surface area contributed by atoms with Gasteiger partial charge in [0.25, 0.3) is 0 Å². The average molecular weight is 299 g/mol. The third-order valence-corrected chi connectivity index (χ3v) is 4.58. The van der Waals surface area contributed by atoms with Crippen LogP contribution in [0.3, 0.4) is 0 Å². The second-order valence-electron chi connectivity index (χ2n) is 6.27. The van der Waals surface area contributed by atoms with Crippen molar-refractivity contribution >= 4 is 10.8 Å². The van der Waals surface area contributed by atoms with Crippen LogP contribution in [0.5, 0.6) is 0 Å². The molecular weight excluding hydrogens is 274 g/mol. The highest BCUT2D eigenvalue weighted by atomic mass is 32.2. The number of nitrogens with zero attached hydrogens (tertiary/aromatic N) is 4. The minimum atomic E-state index is -0.601. The van der Waals surface area contributed by atoms with E-state index < -0.39 is 10.8 Å². The molecule has 1 aromatic rings. The van der Waals surface area contributed by atoms with Gasteiger partial charge in [-0.05, 0) is 20.8 Å². The summed E-state index contributed by atoms with van der Waals surface area (Å²) < 4.78 is 13.2. The third kappa shape index (κ3) is 5.30. The smallest absolute Gasteiger partial charge is 0.0965 e. The van der Waals surface area contributed by atoms with Crippen LogP contribution in [0.4, 0.5) is 0 Å². The molecule has 0 aliphatic carbocycles. The fourth-order valence-corrected chi connectivity index (χ4v) is 3.16. The van der Waals surface area contributed by atoms with Gasteiger partial charge in [-0.2, -0.15) is 0 Å². The first-order valence-electron chi connectivity index (χ1n) is 7.14. The van der Waals surface area contributed by atoms with Crippen LogP contribution in [0.25, 0.3) is 0 Å². The highest BCUT2D eigenvalue weighted by Gasteiger charge is 2.15. The summed E-state index contributed by atoms with van der Waals surface area (Å²) in [5.41, 5.74) is 1.06. The zero-order valence-corrected chi connectivity index (χ0v) is 13.4. The molecule has 20 heavy (non-hydrogen) atoms. The van der Waals surface area contributed by atoms with Crippen LogP contribution >= 0.6 is 0 Å². The maximum absolute atomic E-state index is 11.3. The molecule has 0 radical (unpaired) electrons. The Morgan fingerprint density at radius 3 is 2.65 bits per heavy atom. The van der Waals surface area contributed by atoms with E-state index in [1.807, 2.05) is 10.9 Å². The Hall–Kier alpha value is -0.790. The quantitative estimate of drug-likeness (QED) is 0.843. The van der Waals surface area contributed by atoms with E-state index in [9.17, 15) is 4.21 Å². The fraction of sp³-hybridized carbons (Fsp3) is 0.846. The van der Waals surface area contributed by atoms with Crippen molar-refractivity contribution in [2.24, 2.45) is 0 Å². The SMILES string of the molecule is CC(C)(C)NCc1cn(CCN2CCS(=O)CC2)nn1. The van der Waals surface area contributed by atoms with Gasteiger partial charge < -0.3 is 5.32 Å². The zero-order chi connectivity index (χ0) is 14.6. The molecule has 7 heteroatoms. The van der Waals surface area contributed by atoms with Crippen molar-refractivity contribution in [3.05, 3.63) is 11.9 Å². The molecular formula is C13H25N5OS. The van der Waals surface area contributed by atoms with Gasteiger partial charge in [-0.25, -0.2) is 0 Å². The Bertz CT molecular complexity index is 444. The Labute approximate surface area is 123 Å². The van der Waals surface area contributed by atoms with E-state index in [0.29, 0.717) is 0 Å². The molecule has 0 atom stereocenters. The van der Waals surface area contributed by atoms with Crippen molar-refractivity contribution in [2.45, 2.75) is 39.4 Å². The zero-order valence-electron chi connectivity index (χ0n) is 12.6. The molecule has 1 fully saturated rings. The minimum absolute atomic E-state index is 0.0905. The first kappa shape index (κ1) is 15.6. The predicted octanol–water partition coefficient (Wildman–Crippen LogP) is 0.231. The molecule has 0 aromatic carbocycles. The molecule has 1 aliphatic heterocycles. The average Bonchev–Trinajstić information content (AvgIpc) is 2.83. The summed E-state index contributed by atoms with van der Waals surface area (Å²) in [6, 6.07) is 0. The summed E-state index contributed by atoms with van der Waals surface area (Å²) in [7, 11) is -0.601. The highest BCUT2D eigenvalue weighted by Crippen LogP contribution is 2.03. The summed E-state index contributed by atoms with van der Waals surface area (Å²) in [6.07, 6.45) is 2.00. The van der Waals surface area contributed by atoms with Crippen molar-refractivity contribution in [1.82, 2.24) is 25.2 Å². The first-order valence-corrected chi connectivity index (χ1v) is 8.62. The number of aromatic nitrogens is 3. The molecule has 0 bridgehead atoms. The molecule has 0 spiro atoms. The Kier molecular flexibility index (Phi) is 5.29. The van der Waals surface area contributed by atoms with Gasteiger partial charge in [0.05, 0.1) is 12.2 Å². The molecule has 1 N–H and O–H groups in total. The molecule has 2 rings (SSSR count). The number of hydrogen-bond acceptors (Lipinski definition) is 5. The van der Waals surface area contributed by atoms with Crippen molar-refractivity contribution in [1.29, 1.82) is 0 Å². The number of hydrogen-bond donors (Lipinski definition) is 1. The summed E-state index contributed by atoms with van der Waals surface area (Å²) >= 11 is 0. The second-order valence-corrected chi connectivity index (χ2v) is 7.96. The van der Waals surface area contributed by atoms with Crippen LogP contribution in [0.2, 0.25) is 0 Å². The second kappa shape index (κ2) is 6.78. The van der Waals surface area contributed by atoms with E-state index in [4.69, 9.17) is 0 Å². The lowest BCUT2D eigenvalue weighted by Gasteiger charge is -2.25. The highest BCUT2D eigenvalue weighted by molar-refractivity contribution is 7.85. The third-order valence-electron chi connectivity index (χ3n) is 3.30. The molecule has 0 amide bonds. The molecule has 2 heterocycles. The summed E-state index contributed by atoms with van der Waals surface area (Å²) in [4.78, 5) is 2.34. The van der Waals surface area contributed by atoms with Gasteiger partial charge in [0.2, 0.25) is 0 Å². The van der Waals surface area contributed by atoms with E-state index in [0.717, 1.165) is 49.9 Å². The van der Waals surface area contributed by atoms with Crippen LogP contribution in [0.15, 0.2) is 6.20 Å². The molecule has 1 aromatic heterocycles. The normalized spacial score (nSPS) is 18.6. The van der Waals surface area contributed by atoms with Gasteiger partial charge in [-0.15, -0.1) is 5.10 Å². The standard InChI is InChI=1S/C13H25N5OS/c1-13(2,3)14-10-12-11-18(16-15-12)5-4-17-6-8-20(19)9-7-17/h11,14H,4-10H2,1-3H3. The monoisotopic (exact) mass is 299 g/mol. The fourth-order valence-electron chi connectivity index (χ4n) is 2.03. The molecule has 114 valence electrons. The van der Waals surface area contributed by atoms with E-state index in [1.54, 1.807) is 0 Å². The Morgan fingerprint density at radius 2 is 2.00 bits per heavy atom. The van der Waals surface area contributed by atoms with Crippen LogP contribution in [-0.2, 0) is 23.9 Å². The largest absolute Gasteiger partial charge is 0.306 e. The Morgan fingerprint density at radius 1 is 1.30 bits per heavy atom. The van der Waals surface area contributed by atoms with Gasteiger partial charge in [-0.1, -0.05) is 5.21 Å². The summed E-state index contributed by atoms with van der Waals surface area (Å²) in [6.45, 7) is 10.8. The van der Waals surface area contributed by atoms with Crippen LogP contribution in [0, 0.1) is 0 Å². The van der Waals surface area contributed by atoms with Gasteiger partial charge in [0.15, 0.2) is 0 Å². The van der Waals surface area contributed by atoms with Gasteiger partial charge in [0.1, 0.15) is 0 Å². The Balaban J connectivity index is 1.74. The van der Waals surface area contributed by atoms with Crippen LogP contribution in [0.1, 0.15) is 26.5 Å². The van der Waals surface area contributed by atoms with Gasteiger partial charge in [-0.3, -0.25) is 13.8 Å². The molecule has 0 saturated carbocycles. The molecule has 1 aliphatic rings. The van der Waals surface area contributed by atoms with E-state index in [2.05, 4.69) is 41.3 Å². The molecule has 1 saturated heterocycles. The minimum Gasteiger partial charge on any atom is -0.306 e. The van der Waals surface area contributed by atoms with Crippen molar-refractivity contribution in [2.75, 3.05) is 31.1 Å². The maximum Gasteiger partial charge on any atom is 0.0965 e. The van der Waals surface area contributed by atoms with Crippen molar-refractivity contribution in [3.8, 4) is 0 Å². The van der Waals surface area contributed by atoms with Crippen molar-refractivity contribution in [3.63, 3.8) is 0 Å². The van der Waals surface area contributed by atoms with Gasteiger partial charge in [0, 0.05) is 60.2 Å². The van der Waals surface area contributed by atoms with Crippen LogP contribution < -0.4 is 5.32 Å². The molecule has 6 nitrogen and oxygen atoms in total. The summed E-state index contributed by atoms with van der Waals surface area (Å²) in [5.74, 6) is 1.61. The maximum atomic E-state index is 11.3. The first-order chi connectivity index (χ1) is 9.42. The lowest BCUT2D eigenvalue weighted by atomic mass is 10.1. The lowest BCUT2D eigenvalue weighted by Crippen LogP contribution is -2.39. The van der Waals surface area contributed by atoms with E-state index in [-0.39, 0.29) is 5.54 Å². The van der Waals surface area contributed by atoms with Gasteiger partial charge >= 0.3 is 0 Å². The van der Waals surface area contributed by atoms with E-state index >= 15 is 0 Å². The summed E-state index contributed by atoms with van der Waals surface area (Å²) in [5, 5.41) is 11.7. The van der Waals surface area contributed by atoms with Crippen molar-refractivity contribution < 1.29 is 4.21 Å². The number of nitrogens with one attached hydrogen (secondary N) is 1. The number of rotatable bonds is 5. The predicted molar refractivity (Wildman–Crippen MR) is 80.9 cm³/mol. The molecule has 0 unspecified atom stereocenters.